The number of hydrogen-bond donors (Lipinski definition) is 1. The number of anilines is 1. The summed E-state index contributed by atoms with van der Waals surface area (Å²) in [6.07, 6.45) is 0. The summed E-state index contributed by atoms with van der Waals surface area (Å²) in [6.45, 7) is 1.41. The first-order chi connectivity index (χ1) is 11.4. The Labute approximate surface area is 143 Å². The molecule has 0 spiro atoms. The Kier molecular flexibility index (Phi) is 4.21. The quantitative estimate of drug-likeness (QED) is 0.720. The molecule has 0 bridgehead atoms. The van der Waals surface area contributed by atoms with Gasteiger partial charge in [0.25, 0.3) is 10.0 Å². The Morgan fingerprint density at radius 1 is 1.00 bits per heavy atom. The normalized spacial score (nSPS) is 11.4. The van der Waals surface area contributed by atoms with Gasteiger partial charge in [-0.25, -0.2) is 18.4 Å². The van der Waals surface area contributed by atoms with Crippen LogP contribution in [0.25, 0.3) is 11.0 Å². The number of nitrogens with zero attached hydrogens (tertiary/aromatic N) is 2. The fraction of sp³-hybridized carbons (Fsp3) is 0.0625. The van der Waals surface area contributed by atoms with Crippen molar-refractivity contribution in [2.24, 2.45) is 0 Å². The lowest BCUT2D eigenvalue weighted by atomic mass is 10.2. The molecule has 0 unspecified atom stereocenters. The van der Waals surface area contributed by atoms with Gasteiger partial charge in [-0.05, 0) is 31.2 Å². The van der Waals surface area contributed by atoms with Gasteiger partial charge < -0.3 is 0 Å². The lowest BCUT2D eigenvalue weighted by molar-refractivity contribution is 0.101. The van der Waals surface area contributed by atoms with Crippen molar-refractivity contribution >= 4 is 44.3 Å². The Balaban J connectivity index is 1.97. The summed E-state index contributed by atoms with van der Waals surface area (Å²) in [5.74, 6) is -0.193. The van der Waals surface area contributed by atoms with Crippen LogP contribution < -0.4 is 4.72 Å². The van der Waals surface area contributed by atoms with E-state index in [4.69, 9.17) is 11.6 Å². The molecule has 1 aromatic heterocycles. The molecule has 1 N–H and O–H groups in total. The number of para-hydroxylation sites is 2. The van der Waals surface area contributed by atoms with Crippen LogP contribution in [-0.2, 0) is 10.0 Å². The molecule has 3 aromatic rings. The number of aromatic nitrogens is 2. The summed E-state index contributed by atoms with van der Waals surface area (Å²) in [6, 6.07) is 12.6. The number of benzene rings is 2. The molecular weight excluding hydrogens is 350 g/mol. The van der Waals surface area contributed by atoms with E-state index in [9.17, 15) is 13.2 Å². The van der Waals surface area contributed by atoms with Gasteiger partial charge >= 0.3 is 0 Å². The second kappa shape index (κ2) is 6.18. The SMILES string of the molecule is CC(=O)c1ccc(S(=O)(=O)Nc2nc3ccccc3nc2Cl)cc1. The number of carbonyl (C=O) groups excluding carboxylic acids is 1. The fourth-order valence-corrected chi connectivity index (χ4v) is 3.34. The van der Waals surface area contributed by atoms with Crippen molar-refractivity contribution in [3.05, 3.63) is 59.2 Å². The van der Waals surface area contributed by atoms with E-state index >= 15 is 0 Å². The molecule has 0 atom stereocenters. The highest BCUT2D eigenvalue weighted by molar-refractivity contribution is 7.92. The molecule has 0 amide bonds. The van der Waals surface area contributed by atoms with Crippen molar-refractivity contribution in [1.29, 1.82) is 0 Å². The molecule has 2 aromatic carbocycles. The molecule has 24 heavy (non-hydrogen) atoms. The van der Waals surface area contributed by atoms with Gasteiger partial charge in [0.2, 0.25) is 0 Å². The van der Waals surface area contributed by atoms with E-state index in [-0.39, 0.29) is 21.6 Å². The highest BCUT2D eigenvalue weighted by Gasteiger charge is 2.18. The molecule has 122 valence electrons. The highest BCUT2D eigenvalue weighted by atomic mass is 35.5. The van der Waals surface area contributed by atoms with Crippen molar-refractivity contribution in [3.63, 3.8) is 0 Å². The maximum atomic E-state index is 12.4. The van der Waals surface area contributed by atoms with Crippen molar-refractivity contribution in [1.82, 2.24) is 9.97 Å². The van der Waals surface area contributed by atoms with Crippen LogP contribution in [0.4, 0.5) is 5.82 Å². The van der Waals surface area contributed by atoms with E-state index in [0.717, 1.165) is 0 Å². The molecule has 0 aliphatic heterocycles. The predicted octanol–water partition coefficient (Wildman–Crippen LogP) is 3.29. The lowest BCUT2D eigenvalue weighted by Gasteiger charge is -2.09. The Morgan fingerprint density at radius 2 is 1.58 bits per heavy atom. The molecule has 0 aliphatic carbocycles. The van der Waals surface area contributed by atoms with E-state index in [0.29, 0.717) is 16.6 Å². The van der Waals surface area contributed by atoms with E-state index in [1.807, 2.05) is 0 Å². The van der Waals surface area contributed by atoms with Crippen LogP contribution in [0.1, 0.15) is 17.3 Å². The minimum absolute atomic E-state index is 0.00137. The fourth-order valence-electron chi connectivity index (χ4n) is 2.10. The Bertz CT molecular complexity index is 1030. The average molecular weight is 362 g/mol. The summed E-state index contributed by atoms with van der Waals surface area (Å²) in [5, 5.41) is -0.0439. The zero-order valence-corrected chi connectivity index (χ0v) is 14.1. The number of carbonyl (C=O) groups is 1. The van der Waals surface area contributed by atoms with E-state index in [1.165, 1.54) is 31.2 Å². The summed E-state index contributed by atoms with van der Waals surface area (Å²) in [7, 11) is -3.90. The number of rotatable bonds is 4. The van der Waals surface area contributed by atoms with Crippen molar-refractivity contribution in [2.75, 3.05) is 4.72 Å². The summed E-state index contributed by atoms with van der Waals surface area (Å²) < 4.78 is 27.2. The number of halogens is 1. The first-order valence-corrected chi connectivity index (χ1v) is 8.79. The molecule has 0 saturated carbocycles. The first kappa shape index (κ1) is 16.4. The molecule has 6 nitrogen and oxygen atoms in total. The molecule has 0 aliphatic rings. The van der Waals surface area contributed by atoms with Gasteiger partial charge in [0, 0.05) is 5.56 Å². The van der Waals surface area contributed by atoms with Crippen LogP contribution in [0.3, 0.4) is 0 Å². The minimum atomic E-state index is -3.90. The van der Waals surface area contributed by atoms with Crippen molar-refractivity contribution in [3.8, 4) is 0 Å². The lowest BCUT2D eigenvalue weighted by Crippen LogP contribution is -2.15. The maximum absolute atomic E-state index is 12.4. The Morgan fingerprint density at radius 3 is 2.17 bits per heavy atom. The van der Waals surface area contributed by atoms with E-state index < -0.39 is 10.0 Å². The number of sulfonamides is 1. The molecular formula is C16H12ClN3O3S. The number of fused-ring (bicyclic) bond motifs is 1. The smallest absolute Gasteiger partial charge is 0.263 e. The Hall–Kier alpha value is -2.51. The maximum Gasteiger partial charge on any atom is 0.263 e. The van der Waals surface area contributed by atoms with Crippen LogP contribution in [0.2, 0.25) is 5.15 Å². The van der Waals surface area contributed by atoms with E-state index in [1.54, 1.807) is 24.3 Å². The largest absolute Gasteiger partial charge is 0.295 e. The van der Waals surface area contributed by atoms with Gasteiger partial charge in [-0.15, -0.1) is 0 Å². The summed E-state index contributed by atoms with van der Waals surface area (Å²) in [5.41, 5.74) is 1.51. The van der Waals surface area contributed by atoms with E-state index in [2.05, 4.69) is 14.7 Å². The standard InChI is InChI=1S/C16H12ClN3O3S/c1-10(21)11-6-8-12(9-7-11)24(22,23)20-16-15(17)18-13-4-2-3-5-14(13)19-16/h2-9H,1H3,(H,19,20). The molecule has 1 heterocycles. The molecule has 0 radical (unpaired) electrons. The van der Waals surface area contributed by atoms with Gasteiger partial charge in [0.05, 0.1) is 15.9 Å². The third kappa shape index (κ3) is 3.22. The van der Waals surface area contributed by atoms with Crippen LogP contribution in [-0.4, -0.2) is 24.2 Å². The molecule has 0 saturated heterocycles. The van der Waals surface area contributed by atoms with Gasteiger partial charge in [0.15, 0.2) is 16.8 Å². The predicted molar refractivity (Wildman–Crippen MR) is 91.8 cm³/mol. The molecule has 3 rings (SSSR count). The van der Waals surface area contributed by atoms with Crippen LogP contribution in [0.15, 0.2) is 53.4 Å². The van der Waals surface area contributed by atoms with Gasteiger partial charge in [-0.1, -0.05) is 35.9 Å². The third-order valence-corrected chi connectivity index (χ3v) is 4.95. The minimum Gasteiger partial charge on any atom is -0.295 e. The number of Topliss-reactive ketones (excluding diaryl/α,β-unsaturated/α-hetero) is 1. The zero-order valence-electron chi connectivity index (χ0n) is 12.5. The monoisotopic (exact) mass is 361 g/mol. The van der Waals surface area contributed by atoms with Gasteiger partial charge in [0.1, 0.15) is 0 Å². The number of ketones is 1. The molecule has 8 heteroatoms. The second-order valence-electron chi connectivity index (χ2n) is 5.04. The third-order valence-electron chi connectivity index (χ3n) is 3.33. The molecule has 0 fully saturated rings. The van der Waals surface area contributed by atoms with Crippen molar-refractivity contribution in [2.45, 2.75) is 11.8 Å². The first-order valence-electron chi connectivity index (χ1n) is 6.93. The zero-order chi connectivity index (χ0) is 17.3. The number of nitrogens with one attached hydrogen (secondary N) is 1. The number of hydrogen-bond acceptors (Lipinski definition) is 5. The van der Waals surface area contributed by atoms with Gasteiger partial charge in [-0.3, -0.25) is 9.52 Å². The topological polar surface area (TPSA) is 89.0 Å². The second-order valence-corrected chi connectivity index (χ2v) is 7.08. The van der Waals surface area contributed by atoms with Crippen molar-refractivity contribution < 1.29 is 13.2 Å². The van der Waals surface area contributed by atoms with Crippen LogP contribution >= 0.6 is 11.6 Å². The average Bonchev–Trinajstić information content (AvgIpc) is 2.55. The van der Waals surface area contributed by atoms with Crippen LogP contribution in [0, 0.1) is 0 Å². The highest BCUT2D eigenvalue weighted by Crippen LogP contribution is 2.24. The van der Waals surface area contributed by atoms with Gasteiger partial charge in [-0.2, -0.15) is 0 Å². The summed E-state index contributed by atoms with van der Waals surface area (Å²) in [4.78, 5) is 19.6. The summed E-state index contributed by atoms with van der Waals surface area (Å²) >= 11 is 6.02. The van der Waals surface area contributed by atoms with Crippen LogP contribution in [0.5, 0.6) is 0 Å².